The van der Waals surface area contributed by atoms with E-state index in [2.05, 4.69) is 41.3 Å². The third-order valence-electron chi connectivity index (χ3n) is 3.48. The van der Waals surface area contributed by atoms with Gasteiger partial charge in [-0.1, -0.05) is 38.1 Å². The number of benzene rings is 1. The lowest BCUT2D eigenvalue weighted by Crippen LogP contribution is -2.11. The Hall–Kier alpha value is -2.64. The van der Waals surface area contributed by atoms with Gasteiger partial charge in [-0.25, -0.2) is 4.68 Å². The molecule has 0 fully saturated rings. The van der Waals surface area contributed by atoms with Crippen LogP contribution in [0.1, 0.15) is 44.3 Å². The Balaban J connectivity index is 1.73. The summed E-state index contributed by atoms with van der Waals surface area (Å²) in [6, 6.07) is 7.22. The van der Waals surface area contributed by atoms with Crippen LogP contribution in [0.5, 0.6) is 0 Å². The summed E-state index contributed by atoms with van der Waals surface area (Å²) < 4.78 is 31.6. The minimum atomic E-state index is -2.77. The van der Waals surface area contributed by atoms with E-state index < -0.39 is 12.3 Å². The molecule has 0 amide bonds. The van der Waals surface area contributed by atoms with Crippen molar-refractivity contribution in [3.63, 3.8) is 0 Å². The van der Waals surface area contributed by atoms with E-state index in [0.29, 0.717) is 12.1 Å². The summed E-state index contributed by atoms with van der Waals surface area (Å²) >= 11 is 0. The molecule has 2 aromatic heterocycles. The van der Waals surface area contributed by atoms with Gasteiger partial charge >= 0.3 is 6.43 Å². The maximum Gasteiger partial charge on any atom is 0.314 e. The molecule has 0 spiro atoms. The van der Waals surface area contributed by atoms with E-state index in [1.54, 1.807) is 16.8 Å². The lowest BCUT2D eigenvalue weighted by Gasteiger charge is -2.12. The standard InChI is InChI=1S/C16H17F2N5O/c1-16(2,3)12-9-23(22-19-12)8-10-4-6-11(7-5-10)14-20-21-15(24-14)13(17)18/h4-7,9,13H,8H2,1-3H3. The molecule has 0 saturated heterocycles. The van der Waals surface area contributed by atoms with Gasteiger partial charge in [0.1, 0.15) is 0 Å². The van der Waals surface area contributed by atoms with Crippen molar-refractivity contribution in [1.29, 1.82) is 0 Å². The van der Waals surface area contributed by atoms with Crippen LogP contribution in [0, 0.1) is 0 Å². The predicted octanol–water partition coefficient (Wildman–Crippen LogP) is 3.61. The molecule has 1 aromatic carbocycles. The third kappa shape index (κ3) is 3.47. The van der Waals surface area contributed by atoms with E-state index in [9.17, 15) is 8.78 Å². The first-order valence-electron chi connectivity index (χ1n) is 7.44. The fraction of sp³-hybridized carbons (Fsp3) is 0.375. The van der Waals surface area contributed by atoms with Crippen molar-refractivity contribution in [2.45, 2.75) is 39.2 Å². The smallest absolute Gasteiger partial charge is 0.314 e. The zero-order valence-electron chi connectivity index (χ0n) is 13.6. The molecule has 0 aliphatic rings. The van der Waals surface area contributed by atoms with Gasteiger partial charge in [-0.3, -0.25) is 0 Å². The Bertz CT molecular complexity index is 818. The summed E-state index contributed by atoms with van der Waals surface area (Å²) in [7, 11) is 0. The van der Waals surface area contributed by atoms with Crippen LogP contribution in [0.2, 0.25) is 0 Å². The molecule has 6 nitrogen and oxygen atoms in total. The van der Waals surface area contributed by atoms with Gasteiger partial charge in [-0.15, -0.1) is 15.3 Å². The zero-order chi connectivity index (χ0) is 17.3. The molecule has 24 heavy (non-hydrogen) atoms. The molecule has 126 valence electrons. The molecule has 0 aliphatic carbocycles. The number of halogens is 2. The van der Waals surface area contributed by atoms with Gasteiger partial charge in [0, 0.05) is 17.2 Å². The zero-order valence-corrected chi connectivity index (χ0v) is 13.6. The Labute approximate surface area is 137 Å². The second kappa shape index (κ2) is 6.10. The maximum absolute atomic E-state index is 12.5. The number of aromatic nitrogens is 5. The Morgan fingerprint density at radius 1 is 1.08 bits per heavy atom. The molecule has 0 bridgehead atoms. The third-order valence-corrected chi connectivity index (χ3v) is 3.48. The van der Waals surface area contributed by atoms with E-state index in [1.165, 1.54) is 0 Å². The van der Waals surface area contributed by atoms with Crippen LogP contribution in [0.4, 0.5) is 8.78 Å². The maximum atomic E-state index is 12.5. The van der Waals surface area contributed by atoms with Gasteiger partial charge in [-0.05, 0) is 17.7 Å². The number of rotatable bonds is 4. The Morgan fingerprint density at radius 2 is 1.79 bits per heavy atom. The number of hydrogen-bond acceptors (Lipinski definition) is 5. The summed E-state index contributed by atoms with van der Waals surface area (Å²) in [4.78, 5) is 0. The van der Waals surface area contributed by atoms with Crippen LogP contribution in [0.15, 0.2) is 34.9 Å². The highest BCUT2D eigenvalue weighted by molar-refractivity contribution is 5.53. The minimum Gasteiger partial charge on any atom is -0.415 e. The first-order chi connectivity index (χ1) is 11.3. The van der Waals surface area contributed by atoms with Crippen molar-refractivity contribution in [3.05, 3.63) is 47.6 Å². The van der Waals surface area contributed by atoms with E-state index in [4.69, 9.17) is 4.42 Å². The van der Waals surface area contributed by atoms with E-state index >= 15 is 0 Å². The fourth-order valence-corrected chi connectivity index (χ4v) is 2.10. The van der Waals surface area contributed by atoms with Crippen molar-refractivity contribution < 1.29 is 13.2 Å². The van der Waals surface area contributed by atoms with Crippen molar-refractivity contribution >= 4 is 0 Å². The van der Waals surface area contributed by atoms with E-state index in [-0.39, 0.29) is 11.3 Å². The average Bonchev–Trinajstić information content (AvgIpc) is 3.16. The van der Waals surface area contributed by atoms with Gasteiger partial charge in [-0.2, -0.15) is 8.78 Å². The molecule has 8 heteroatoms. The molecular weight excluding hydrogens is 316 g/mol. The molecule has 2 heterocycles. The first kappa shape index (κ1) is 16.2. The van der Waals surface area contributed by atoms with Crippen LogP contribution >= 0.6 is 0 Å². The van der Waals surface area contributed by atoms with Crippen LogP contribution < -0.4 is 0 Å². The van der Waals surface area contributed by atoms with Crippen LogP contribution in [-0.2, 0) is 12.0 Å². The summed E-state index contributed by atoms with van der Waals surface area (Å²) in [5.41, 5.74) is 2.46. The summed E-state index contributed by atoms with van der Waals surface area (Å²) in [6.07, 6.45) is -0.851. The van der Waals surface area contributed by atoms with Crippen molar-refractivity contribution in [3.8, 4) is 11.5 Å². The van der Waals surface area contributed by atoms with Crippen molar-refractivity contribution in [2.75, 3.05) is 0 Å². The molecule has 0 aliphatic heterocycles. The average molecular weight is 333 g/mol. The summed E-state index contributed by atoms with van der Waals surface area (Å²) in [6.45, 7) is 6.80. The van der Waals surface area contributed by atoms with Gasteiger partial charge in [0.25, 0.3) is 5.89 Å². The second-order valence-corrected chi connectivity index (χ2v) is 6.49. The van der Waals surface area contributed by atoms with Crippen LogP contribution in [-0.4, -0.2) is 25.2 Å². The predicted molar refractivity (Wildman–Crippen MR) is 82.5 cm³/mol. The van der Waals surface area contributed by atoms with Gasteiger partial charge < -0.3 is 4.42 Å². The number of hydrogen-bond donors (Lipinski definition) is 0. The van der Waals surface area contributed by atoms with Gasteiger partial charge in [0.05, 0.1) is 12.2 Å². The monoisotopic (exact) mass is 333 g/mol. The SMILES string of the molecule is CC(C)(C)c1cn(Cc2ccc(-c3nnc(C(F)F)o3)cc2)nn1. The largest absolute Gasteiger partial charge is 0.415 e. The molecule has 3 aromatic rings. The first-order valence-corrected chi connectivity index (χ1v) is 7.44. The quantitative estimate of drug-likeness (QED) is 0.729. The highest BCUT2D eigenvalue weighted by Gasteiger charge is 2.18. The molecular formula is C16H17F2N5O. The summed E-state index contributed by atoms with van der Waals surface area (Å²) in [5, 5.41) is 15.2. The molecule has 0 saturated carbocycles. The van der Waals surface area contributed by atoms with Crippen molar-refractivity contribution in [1.82, 2.24) is 25.2 Å². The Morgan fingerprint density at radius 3 is 2.33 bits per heavy atom. The molecule has 0 radical (unpaired) electrons. The molecule has 0 atom stereocenters. The lowest BCUT2D eigenvalue weighted by molar-refractivity contribution is 0.116. The van der Waals surface area contributed by atoms with E-state index in [0.717, 1.165) is 11.3 Å². The van der Waals surface area contributed by atoms with Gasteiger partial charge in [0.2, 0.25) is 5.89 Å². The van der Waals surface area contributed by atoms with Crippen molar-refractivity contribution in [2.24, 2.45) is 0 Å². The molecule has 3 rings (SSSR count). The van der Waals surface area contributed by atoms with Crippen LogP contribution in [0.25, 0.3) is 11.5 Å². The Kier molecular flexibility index (Phi) is 4.13. The second-order valence-electron chi connectivity index (χ2n) is 6.49. The number of alkyl halides is 2. The minimum absolute atomic E-state index is 0.0531. The topological polar surface area (TPSA) is 69.6 Å². The van der Waals surface area contributed by atoms with E-state index in [1.807, 2.05) is 18.3 Å². The van der Waals surface area contributed by atoms with Gasteiger partial charge in [0.15, 0.2) is 0 Å². The summed E-state index contributed by atoms with van der Waals surface area (Å²) in [5.74, 6) is -0.598. The highest BCUT2D eigenvalue weighted by atomic mass is 19.3. The highest BCUT2D eigenvalue weighted by Crippen LogP contribution is 2.24. The molecule has 0 N–H and O–H groups in total. The molecule has 0 unspecified atom stereocenters. The fourth-order valence-electron chi connectivity index (χ4n) is 2.10. The lowest BCUT2D eigenvalue weighted by atomic mass is 9.93. The number of nitrogens with zero attached hydrogens (tertiary/aromatic N) is 5. The normalized spacial score (nSPS) is 12.1. The van der Waals surface area contributed by atoms with Crippen LogP contribution in [0.3, 0.4) is 0 Å².